The van der Waals surface area contributed by atoms with Gasteiger partial charge in [-0.25, -0.2) is 0 Å². The normalized spacial score (nSPS) is 16.8. The van der Waals surface area contributed by atoms with E-state index < -0.39 is 11.5 Å². The lowest BCUT2D eigenvalue weighted by Crippen LogP contribution is -2.19. The maximum atomic E-state index is 8.55. The van der Waals surface area contributed by atoms with Crippen LogP contribution in [0.2, 0.25) is 0 Å². The van der Waals surface area contributed by atoms with Crippen molar-refractivity contribution < 1.29 is 5.11 Å². The van der Waals surface area contributed by atoms with Crippen LogP contribution >= 0.6 is 23.2 Å². The Labute approximate surface area is 57.6 Å². The topological polar surface area (TPSA) is 44.0 Å². The SMILES string of the molecule is N#CC(O)C(Cl)CCl. The number of halogens is 2. The maximum absolute atomic E-state index is 8.55. The van der Waals surface area contributed by atoms with Crippen LogP contribution in [0.3, 0.4) is 0 Å². The molecule has 0 aromatic carbocycles. The first-order valence-corrected chi connectivity index (χ1v) is 2.97. The molecule has 4 heteroatoms. The zero-order chi connectivity index (χ0) is 6.57. The van der Waals surface area contributed by atoms with Crippen LogP contribution in [0.1, 0.15) is 0 Å². The van der Waals surface area contributed by atoms with Gasteiger partial charge in [0.2, 0.25) is 0 Å². The summed E-state index contributed by atoms with van der Waals surface area (Å²) in [5, 5.41) is 15.9. The molecule has 0 radical (unpaired) electrons. The number of hydrogen-bond donors (Lipinski definition) is 1. The van der Waals surface area contributed by atoms with Crippen LogP contribution in [0.4, 0.5) is 0 Å². The fraction of sp³-hybridized carbons (Fsp3) is 0.750. The summed E-state index contributed by atoms with van der Waals surface area (Å²) in [6, 6.07) is 1.55. The fourth-order valence-electron chi connectivity index (χ4n) is 0.165. The second-order valence-electron chi connectivity index (χ2n) is 1.24. The third kappa shape index (κ3) is 2.37. The van der Waals surface area contributed by atoms with E-state index in [-0.39, 0.29) is 5.88 Å². The van der Waals surface area contributed by atoms with E-state index in [4.69, 9.17) is 33.6 Å². The molecule has 0 fully saturated rings. The Balaban J connectivity index is 3.49. The molecule has 0 amide bonds. The molecule has 0 saturated carbocycles. The van der Waals surface area contributed by atoms with Gasteiger partial charge in [-0.2, -0.15) is 5.26 Å². The fourth-order valence-corrected chi connectivity index (χ4v) is 0.390. The van der Waals surface area contributed by atoms with E-state index in [0.717, 1.165) is 0 Å². The van der Waals surface area contributed by atoms with E-state index in [1.54, 1.807) is 6.07 Å². The zero-order valence-corrected chi connectivity index (χ0v) is 5.52. The molecule has 0 aliphatic rings. The minimum Gasteiger partial charge on any atom is -0.377 e. The minimum absolute atomic E-state index is 0.0935. The van der Waals surface area contributed by atoms with Crippen LogP contribution in [-0.2, 0) is 0 Å². The number of hydrogen-bond acceptors (Lipinski definition) is 2. The molecule has 0 aliphatic heterocycles. The van der Waals surface area contributed by atoms with Gasteiger partial charge in [-0.1, -0.05) is 0 Å². The number of aliphatic hydroxyl groups is 1. The summed E-state index contributed by atoms with van der Waals surface area (Å²) in [4.78, 5) is 0. The summed E-state index contributed by atoms with van der Waals surface area (Å²) in [5.41, 5.74) is 0. The second kappa shape index (κ2) is 3.96. The predicted molar refractivity (Wildman–Crippen MR) is 32.0 cm³/mol. The largest absolute Gasteiger partial charge is 0.377 e. The highest BCUT2D eigenvalue weighted by atomic mass is 35.5. The van der Waals surface area contributed by atoms with Gasteiger partial charge in [-0.05, 0) is 0 Å². The molecule has 0 saturated heterocycles. The van der Waals surface area contributed by atoms with Gasteiger partial charge in [0.05, 0.1) is 11.4 Å². The van der Waals surface area contributed by atoms with Crippen LogP contribution in [0.5, 0.6) is 0 Å². The average Bonchev–Trinajstić information content (AvgIpc) is 1.84. The van der Waals surface area contributed by atoms with E-state index in [0.29, 0.717) is 0 Å². The van der Waals surface area contributed by atoms with Crippen molar-refractivity contribution in [1.82, 2.24) is 0 Å². The van der Waals surface area contributed by atoms with E-state index >= 15 is 0 Å². The van der Waals surface area contributed by atoms with Crippen LogP contribution in [-0.4, -0.2) is 22.5 Å². The first kappa shape index (κ1) is 8.03. The molecule has 46 valence electrons. The molecule has 0 spiro atoms. The molecule has 0 aromatic heterocycles. The molecule has 0 aromatic rings. The lowest BCUT2D eigenvalue weighted by Gasteiger charge is -2.03. The summed E-state index contributed by atoms with van der Waals surface area (Å²) in [7, 11) is 0. The predicted octanol–water partition coefficient (Wildman–Crippen LogP) is 0.717. The Morgan fingerprint density at radius 1 is 1.75 bits per heavy atom. The highest BCUT2D eigenvalue weighted by molar-refractivity contribution is 6.28. The number of nitrogens with zero attached hydrogens (tertiary/aromatic N) is 1. The van der Waals surface area contributed by atoms with Crippen molar-refractivity contribution in [3.05, 3.63) is 0 Å². The average molecular weight is 154 g/mol. The van der Waals surface area contributed by atoms with Crippen LogP contribution < -0.4 is 0 Å². The summed E-state index contributed by atoms with van der Waals surface area (Å²) < 4.78 is 0. The molecule has 0 rings (SSSR count). The summed E-state index contributed by atoms with van der Waals surface area (Å²) in [5.74, 6) is 0.0935. The van der Waals surface area contributed by atoms with Crippen molar-refractivity contribution in [3.8, 4) is 6.07 Å². The van der Waals surface area contributed by atoms with Crippen molar-refractivity contribution >= 4 is 23.2 Å². The highest BCUT2D eigenvalue weighted by Gasteiger charge is 2.12. The minimum atomic E-state index is -1.14. The third-order valence-corrected chi connectivity index (χ3v) is 1.51. The van der Waals surface area contributed by atoms with Crippen molar-refractivity contribution in [1.29, 1.82) is 5.26 Å². The van der Waals surface area contributed by atoms with Gasteiger partial charge in [0, 0.05) is 5.88 Å². The summed E-state index contributed by atoms with van der Waals surface area (Å²) >= 11 is 10.5. The molecule has 2 atom stereocenters. The van der Waals surface area contributed by atoms with Crippen LogP contribution in [0.15, 0.2) is 0 Å². The number of nitriles is 1. The maximum Gasteiger partial charge on any atom is 0.157 e. The first-order valence-electron chi connectivity index (χ1n) is 2.00. The molecule has 2 nitrogen and oxygen atoms in total. The summed E-state index contributed by atoms with van der Waals surface area (Å²) in [6.45, 7) is 0. The van der Waals surface area contributed by atoms with Crippen LogP contribution in [0, 0.1) is 11.3 Å². The monoisotopic (exact) mass is 153 g/mol. The molecular formula is C4H5Cl2NO. The van der Waals surface area contributed by atoms with Gasteiger partial charge < -0.3 is 5.11 Å². The molecule has 0 aliphatic carbocycles. The zero-order valence-electron chi connectivity index (χ0n) is 4.01. The van der Waals surface area contributed by atoms with Crippen LogP contribution in [0.25, 0.3) is 0 Å². The van der Waals surface area contributed by atoms with Crippen molar-refractivity contribution in [3.63, 3.8) is 0 Å². The Hall–Kier alpha value is 0.0300. The van der Waals surface area contributed by atoms with Gasteiger partial charge in [0.1, 0.15) is 0 Å². The van der Waals surface area contributed by atoms with E-state index in [1.807, 2.05) is 0 Å². The molecule has 1 N–H and O–H groups in total. The summed E-state index contributed by atoms with van der Waals surface area (Å²) in [6.07, 6.45) is -1.14. The molecule has 8 heavy (non-hydrogen) atoms. The lowest BCUT2D eigenvalue weighted by atomic mass is 10.3. The Kier molecular flexibility index (Phi) is 3.98. The van der Waals surface area contributed by atoms with Gasteiger partial charge in [0.15, 0.2) is 6.10 Å². The Morgan fingerprint density at radius 2 is 2.25 bits per heavy atom. The van der Waals surface area contributed by atoms with Gasteiger partial charge >= 0.3 is 0 Å². The number of rotatable bonds is 2. The lowest BCUT2D eigenvalue weighted by molar-refractivity contribution is 0.230. The van der Waals surface area contributed by atoms with E-state index in [2.05, 4.69) is 0 Å². The van der Waals surface area contributed by atoms with Crippen molar-refractivity contribution in [2.45, 2.75) is 11.5 Å². The quantitative estimate of drug-likeness (QED) is 0.470. The van der Waals surface area contributed by atoms with Gasteiger partial charge in [-0.15, -0.1) is 23.2 Å². The van der Waals surface area contributed by atoms with Crippen molar-refractivity contribution in [2.24, 2.45) is 0 Å². The molecular weight excluding hydrogens is 149 g/mol. The van der Waals surface area contributed by atoms with E-state index in [9.17, 15) is 0 Å². The molecule has 0 bridgehead atoms. The standard InChI is InChI=1S/C4H5Cl2NO/c5-1-3(6)4(8)2-7/h3-4,8H,1H2. The van der Waals surface area contributed by atoms with Crippen molar-refractivity contribution in [2.75, 3.05) is 5.88 Å². The smallest absolute Gasteiger partial charge is 0.157 e. The second-order valence-corrected chi connectivity index (χ2v) is 2.11. The van der Waals surface area contributed by atoms with Gasteiger partial charge in [0.25, 0.3) is 0 Å². The number of alkyl halides is 2. The Morgan fingerprint density at radius 3 is 2.38 bits per heavy atom. The van der Waals surface area contributed by atoms with E-state index in [1.165, 1.54) is 0 Å². The third-order valence-electron chi connectivity index (χ3n) is 0.622. The molecule has 2 unspecified atom stereocenters. The highest BCUT2D eigenvalue weighted by Crippen LogP contribution is 2.03. The number of aliphatic hydroxyl groups excluding tert-OH is 1. The molecule has 0 heterocycles. The first-order chi connectivity index (χ1) is 3.72. The van der Waals surface area contributed by atoms with Gasteiger partial charge in [-0.3, -0.25) is 0 Å². The Bertz CT molecular complexity index is 101.